The van der Waals surface area contributed by atoms with Crippen LogP contribution in [-0.4, -0.2) is 6.54 Å². The molecule has 0 aliphatic carbocycles. The van der Waals surface area contributed by atoms with Gasteiger partial charge in [-0.3, -0.25) is 0 Å². The Labute approximate surface area is 93.1 Å². The maximum absolute atomic E-state index is 5.69. The fourth-order valence-corrected chi connectivity index (χ4v) is 1.45. The van der Waals surface area contributed by atoms with Gasteiger partial charge in [0.05, 0.1) is 0 Å². The van der Waals surface area contributed by atoms with Crippen molar-refractivity contribution in [2.24, 2.45) is 11.1 Å². The molecule has 0 heterocycles. The largest absolute Gasteiger partial charge is 0.330 e. The van der Waals surface area contributed by atoms with Crippen LogP contribution in [0.4, 0.5) is 0 Å². The molecule has 0 bridgehead atoms. The first kappa shape index (κ1) is 13.5. The fraction of sp³-hybridized carbons (Fsp3) is 0.500. The Morgan fingerprint density at radius 3 is 2.43 bits per heavy atom. The summed E-state index contributed by atoms with van der Waals surface area (Å²) in [7, 11) is 0. The lowest BCUT2D eigenvalue weighted by Gasteiger charge is -2.22. The van der Waals surface area contributed by atoms with Crippen LogP contribution in [0.15, 0.2) is 24.3 Å². The van der Waals surface area contributed by atoms with E-state index in [2.05, 4.69) is 45.0 Å². The van der Waals surface area contributed by atoms with Crippen molar-refractivity contribution in [3.8, 4) is 0 Å². The molecule has 1 nitrogen and oxygen atoms in total. The molecule has 0 aliphatic rings. The lowest BCUT2D eigenvalue weighted by molar-refractivity contribution is 0.377. The van der Waals surface area contributed by atoms with Gasteiger partial charge in [-0.15, -0.1) is 12.4 Å². The molecule has 2 heteroatoms. The smallest absolute Gasteiger partial charge is 0.00226 e. The van der Waals surface area contributed by atoms with Crippen molar-refractivity contribution in [2.45, 2.75) is 27.2 Å². The Morgan fingerprint density at radius 1 is 1.29 bits per heavy atom. The minimum Gasteiger partial charge on any atom is -0.330 e. The van der Waals surface area contributed by atoms with Crippen LogP contribution in [0.3, 0.4) is 0 Å². The molecule has 2 N–H and O–H groups in total. The predicted octanol–water partition coefficient (Wildman–Crippen LogP) is 2.94. The molecular formula is C12H20ClN. The molecule has 14 heavy (non-hydrogen) atoms. The van der Waals surface area contributed by atoms with Gasteiger partial charge >= 0.3 is 0 Å². The highest BCUT2D eigenvalue weighted by molar-refractivity contribution is 5.85. The highest BCUT2D eigenvalue weighted by Gasteiger charge is 2.15. The predicted molar refractivity (Wildman–Crippen MR) is 65.0 cm³/mol. The molecule has 1 rings (SSSR count). The molecule has 0 amide bonds. The Balaban J connectivity index is 0.00000169. The Hall–Kier alpha value is -0.530. The van der Waals surface area contributed by atoms with Crippen LogP contribution < -0.4 is 5.73 Å². The first-order chi connectivity index (χ1) is 6.03. The van der Waals surface area contributed by atoms with Crippen LogP contribution in [0.2, 0.25) is 0 Å². The third-order valence-electron chi connectivity index (χ3n) is 2.32. The van der Waals surface area contributed by atoms with Gasteiger partial charge in [0.15, 0.2) is 0 Å². The Bertz CT molecular complexity index is 281. The van der Waals surface area contributed by atoms with Crippen LogP contribution in [0.5, 0.6) is 0 Å². The summed E-state index contributed by atoms with van der Waals surface area (Å²) >= 11 is 0. The van der Waals surface area contributed by atoms with Gasteiger partial charge in [0.25, 0.3) is 0 Å². The molecular weight excluding hydrogens is 194 g/mol. The van der Waals surface area contributed by atoms with E-state index in [9.17, 15) is 0 Å². The third kappa shape index (κ3) is 4.12. The van der Waals surface area contributed by atoms with E-state index < -0.39 is 0 Å². The molecule has 1 aromatic rings. The monoisotopic (exact) mass is 213 g/mol. The van der Waals surface area contributed by atoms with E-state index in [4.69, 9.17) is 5.73 Å². The maximum atomic E-state index is 5.69. The summed E-state index contributed by atoms with van der Waals surface area (Å²) in [5, 5.41) is 0. The van der Waals surface area contributed by atoms with Crippen molar-refractivity contribution in [3.05, 3.63) is 35.4 Å². The van der Waals surface area contributed by atoms with Gasteiger partial charge in [-0.05, 0) is 30.9 Å². The Morgan fingerprint density at radius 2 is 1.93 bits per heavy atom. The second kappa shape index (κ2) is 5.38. The quantitative estimate of drug-likeness (QED) is 0.821. The van der Waals surface area contributed by atoms with Crippen molar-refractivity contribution in [1.29, 1.82) is 0 Å². The highest BCUT2D eigenvalue weighted by atomic mass is 35.5. The Kier molecular flexibility index (Phi) is 5.17. The molecule has 0 radical (unpaired) electrons. The van der Waals surface area contributed by atoms with Crippen LogP contribution in [0, 0.1) is 12.3 Å². The zero-order chi connectivity index (χ0) is 9.90. The van der Waals surface area contributed by atoms with Crippen molar-refractivity contribution in [1.82, 2.24) is 0 Å². The summed E-state index contributed by atoms with van der Waals surface area (Å²) in [5.74, 6) is 0. The topological polar surface area (TPSA) is 26.0 Å². The lowest BCUT2D eigenvalue weighted by Crippen LogP contribution is -2.25. The zero-order valence-electron chi connectivity index (χ0n) is 9.21. The van der Waals surface area contributed by atoms with Gasteiger partial charge in [-0.25, -0.2) is 0 Å². The van der Waals surface area contributed by atoms with Gasteiger partial charge in [-0.2, -0.15) is 0 Å². The van der Waals surface area contributed by atoms with E-state index in [0.717, 1.165) is 13.0 Å². The lowest BCUT2D eigenvalue weighted by atomic mass is 9.86. The number of rotatable bonds is 3. The second-order valence-electron chi connectivity index (χ2n) is 4.53. The number of hydrogen-bond acceptors (Lipinski definition) is 1. The molecule has 0 aromatic heterocycles. The van der Waals surface area contributed by atoms with E-state index in [1.54, 1.807) is 0 Å². The fourth-order valence-electron chi connectivity index (χ4n) is 1.45. The molecule has 0 unspecified atom stereocenters. The molecule has 80 valence electrons. The molecule has 0 saturated carbocycles. The van der Waals surface area contributed by atoms with Crippen LogP contribution >= 0.6 is 12.4 Å². The molecule has 0 spiro atoms. The van der Waals surface area contributed by atoms with Crippen molar-refractivity contribution in [3.63, 3.8) is 0 Å². The summed E-state index contributed by atoms with van der Waals surface area (Å²) < 4.78 is 0. The molecule has 0 fully saturated rings. The van der Waals surface area contributed by atoms with E-state index >= 15 is 0 Å². The second-order valence-corrected chi connectivity index (χ2v) is 4.53. The summed E-state index contributed by atoms with van der Waals surface area (Å²) in [4.78, 5) is 0. The van der Waals surface area contributed by atoms with Gasteiger partial charge in [-0.1, -0.05) is 43.7 Å². The minimum atomic E-state index is 0. The van der Waals surface area contributed by atoms with Crippen molar-refractivity contribution in [2.75, 3.05) is 6.54 Å². The van der Waals surface area contributed by atoms with E-state index in [1.165, 1.54) is 11.1 Å². The number of nitrogens with two attached hydrogens (primary N) is 1. The molecule has 0 aliphatic heterocycles. The van der Waals surface area contributed by atoms with Crippen LogP contribution in [-0.2, 0) is 6.42 Å². The highest BCUT2D eigenvalue weighted by Crippen LogP contribution is 2.20. The summed E-state index contributed by atoms with van der Waals surface area (Å²) in [6, 6.07) is 8.64. The van der Waals surface area contributed by atoms with Crippen molar-refractivity contribution >= 4 is 12.4 Å². The van der Waals surface area contributed by atoms with Gasteiger partial charge in [0.2, 0.25) is 0 Å². The minimum absolute atomic E-state index is 0. The van der Waals surface area contributed by atoms with Gasteiger partial charge in [0, 0.05) is 0 Å². The van der Waals surface area contributed by atoms with Crippen molar-refractivity contribution < 1.29 is 0 Å². The average Bonchev–Trinajstić information content (AvgIpc) is 2.03. The standard InChI is InChI=1S/C12H19N.ClH/c1-10-5-4-6-11(7-10)8-12(2,3)9-13;/h4-7H,8-9,13H2,1-3H3;1H. The van der Waals surface area contributed by atoms with Gasteiger partial charge in [0.1, 0.15) is 0 Å². The van der Waals surface area contributed by atoms with E-state index in [0.29, 0.717) is 0 Å². The number of benzene rings is 1. The summed E-state index contributed by atoms with van der Waals surface area (Å²) in [6.07, 6.45) is 1.06. The number of aryl methyl sites for hydroxylation is 1. The number of hydrogen-bond donors (Lipinski definition) is 1. The molecule has 0 saturated heterocycles. The normalized spacial score (nSPS) is 10.9. The number of halogens is 1. The molecule has 0 atom stereocenters. The average molecular weight is 214 g/mol. The zero-order valence-corrected chi connectivity index (χ0v) is 10.0. The van der Waals surface area contributed by atoms with E-state index in [1.807, 2.05) is 0 Å². The third-order valence-corrected chi connectivity index (χ3v) is 2.32. The maximum Gasteiger partial charge on any atom is -0.00226 e. The summed E-state index contributed by atoms with van der Waals surface area (Å²) in [5.41, 5.74) is 8.62. The first-order valence-corrected chi connectivity index (χ1v) is 4.79. The molecule has 1 aromatic carbocycles. The first-order valence-electron chi connectivity index (χ1n) is 4.79. The summed E-state index contributed by atoms with van der Waals surface area (Å²) in [6.45, 7) is 7.27. The van der Waals surface area contributed by atoms with Gasteiger partial charge < -0.3 is 5.73 Å². The van der Waals surface area contributed by atoms with Crippen LogP contribution in [0.25, 0.3) is 0 Å². The van der Waals surface area contributed by atoms with Crippen LogP contribution in [0.1, 0.15) is 25.0 Å². The van der Waals surface area contributed by atoms with E-state index in [-0.39, 0.29) is 17.8 Å². The SMILES string of the molecule is Cc1cccc(CC(C)(C)CN)c1.Cl.